The number of hydrogen-bond acceptors (Lipinski definition) is 6. The molecule has 0 spiro atoms. The molecular formula is C24H21ClF3N5O2. The van der Waals surface area contributed by atoms with Crippen molar-refractivity contribution >= 4 is 34.0 Å². The molecule has 0 amide bonds. The molecule has 0 unspecified atom stereocenters. The molecule has 2 fully saturated rings. The van der Waals surface area contributed by atoms with Crippen molar-refractivity contribution in [1.29, 1.82) is 5.26 Å². The quantitative estimate of drug-likeness (QED) is 0.491. The summed E-state index contributed by atoms with van der Waals surface area (Å²) in [5, 5.41) is 10.1. The number of nitriles is 1. The van der Waals surface area contributed by atoms with Crippen LogP contribution in [0.1, 0.15) is 18.4 Å². The lowest BCUT2D eigenvalue weighted by Gasteiger charge is -2.40. The van der Waals surface area contributed by atoms with Gasteiger partial charge in [0.1, 0.15) is 28.1 Å². The van der Waals surface area contributed by atoms with E-state index in [1.54, 1.807) is 31.3 Å². The van der Waals surface area contributed by atoms with Crippen molar-refractivity contribution in [3.63, 3.8) is 0 Å². The van der Waals surface area contributed by atoms with Crippen LogP contribution < -0.4 is 20.1 Å². The summed E-state index contributed by atoms with van der Waals surface area (Å²) in [6.07, 6.45) is -3.09. The number of hydrogen-bond donors (Lipinski definition) is 0. The highest BCUT2D eigenvalue weighted by atomic mass is 35.5. The van der Waals surface area contributed by atoms with Crippen molar-refractivity contribution in [3.05, 3.63) is 57.5 Å². The van der Waals surface area contributed by atoms with E-state index in [9.17, 15) is 23.2 Å². The Hall–Kier alpha value is -3.45. The highest BCUT2D eigenvalue weighted by Gasteiger charge is 2.40. The lowest BCUT2D eigenvalue weighted by molar-refractivity contribution is -0.274. The van der Waals surface area contributed by atoms with Crippen molar-refractivity contribution in [2.45, 2.75) is 25.2 Å². The first-order valence-corrected chi connectivity index (χ1v) is 11.5. The third kappa shape index (κ3) is 4.25. The third-order valence-electron chi connectivity index (χ3n) is 6.85. The van der Waals surface area contributed by atoms with Gasteiger partial charge in [-0.25, -0.2) is 4.98 Å². The van der Waals surface area contributed by atoms with E-state index in [2.05, 4.69) is 25.6 Å². The highest BCUT2D eigenvalue weighted by molar-refractivity contribution is 6.29. The second kappa shape index (κ2) is 8.64. The molecule has 11 heteroatoms. The predicted octanol–water partition coefficient (Wildman–Crippen LogP) is 4.46. The molecule has 0 N–H and O–H groups in total. The van der Waals surface area contributed by atoms with E-state index in [0.717, 1.165) is 25.1 Å². The summed E-state index contributed by atoms with van der Waals surface area (Å²) in [6.45, 7) is 1.98. The van der Waals surface area contributed by atoms with Gasteiger partial charge < -0.3 is 19.1 Å². The number of anilines is 2. The number of fused-ring (bicyclic) bond motifs is 2. The molecule has 35 heavy (non-hydrogen) atoms. The maximum atomic E-state index is 12.9. The zero-order valence-electron chi connectivity index (χ0n) is 18.7. The van der Waals surface area contributed by atoms with Gasteiger partial charge in [0.15, 0.2) is 0 Å². The van der Waals surface area contributed by atoms with Crippen LogP contribution in [0.5, 0.6) is 5.75 Å². The van der Waals surface area contributed by atoms with Gasteiger partial charge in [0.05, 0.1) is 11.2 Å². The minimum atomic E-state index is -4.73. The highest BCUT2D eigenvalue weighted by Crippen LogP contribution is 2.39. The van der Waals surface area contributed by atoms with E-state index >= 15 is 0 Å². The lowest BCUT2D eigenvalue weighted by Crippen LogP contribution is -2.47. The monoisotopic (exact) mass is 503 g/mol. The fourth-order valence-corrected chi connectivity index (χ4v) is 5.47. The van der Waals surface area contributed by atoms with Gasteiger partial charge >= 0.3 is 6.36 Å². The van der Waals surface area contributed by atoms with E-state index in [4.69, 9.17) is 11.6 Å². The first-order chi connectivity index (χ1) is 16.7. The summed E-state index contributed by atoms with van der Waals surface area (Å²) in [7, 11) is 1.61. The Bertz CT molecular complexity index is 1380. The van der Waals surface area contributed by atoms with Gasteiger partial charge in [-0.1, -0.05) is 11.6 Å². The standard InChI is InChI=1S/C24H21ClF3N5O2/c1-31-19-6-7-20(25)30-21(19)22(17(12-29)23(31)34)32-10-9-18-14(13-32)8-11-33(18)15-2-4-16(5-3-15)35-24(26,27)28/h2-7,14,18H,8-11,13H2,1H3/t14-,18+/m1/s1. The second-order valence-corrected chi connectivity index (χ2v) is 9.17. The first kappa shape index (κ1) is 23.3. The molecule has 0 aliphatic carbocycles. The number of rotatable bonds is 3. The molecule has 0 bridgehead atoms. The summed E-state index contributed by atoms with van der Waals surface area (Å²) in [4.78, 5) is 21.6. The van der Waals surface area contributed by atoms with Crippen molar-refractivity contribution in [2.75, 3.05) is 29.4 Å². The Kier molecular flexibility index (Phi) is 5.75. The molecule has 5 rings (SSSR count). The van der Waals surface area contributed by atoms with E-state index in [-0.39, 0.29) is 34.0 Å². The van der Waals surface area contributed by atoms with Crippen LogP contribution in [0.25, 0.3) is 11.0 Å². The van der Waals surface area contributed by atoms with Crippen LogP contribution in [0.15, 0.2) is 41.2 Å². The summed E-state index contributed by atoms with van der Waals surface area (Å²) >= 11 is 6.16. The van der Waals surface area contributed by atoms with Gasteiger partial charge in [-0.2, -0.15) is 5.26 Å². The molecule has 0 saturated carbocycles. The summed E-state index contributed by atoms with van der Waals surface area (Å²) in [6, 6.07) is 11.5. The molecule has 4 heterocycles. The maximum Gasteiger partial charge on any atom is 0.573 e. The van der Waals surface area contributed by atoms with Crippen LogP contribution in [0, 0.1) is 17.2 Å². The number of pyridine rings is 2. The fourth-order valence-electron chi connectivity index (χ4n) is 5.33. The van der Waals surface area contributed by atoms with Gasteiger partial charge in [0, 0.05) is 38.4 Å². The third-order valence-corrected chi connectivity index (χ3v) is 7.06. The smallest absolute Gasteiger partial charge is 0.406 e. The average molecular weight is 504 g/mol. The molecule has 2 aliphatic heterocycles. The van der Waals surface area contributed by atoms with Crippen LogP contribution in [0.3, 0.4) is 0 Å². The number of aryl methyl sites for hydroxylation is 1. The van der Waals surface area contributed by atoms with Crippen LogP contribution in [-0.2, 0) is 7.05 Å². The average Bonchev–Trinajstić information content (AvgIpc) is 3.24. The van der Waals surface area contributed by atoms with Gasteiger partial charge in [0.25, 0.3) is 5.56 Å². The molecule has 2 aliphatic rings. The number of halogens is 4. The van der Waals surface area contributed by atoms with Crippen molar-refractivity contribution in [1.82, 2.24) is 9.55 Å². The first-order valence-electron chi connectivity index (χ1n) is 11.1. The predicted molar refractivity (Wildman–Crippen MR) is 126 cm³/mol. The molecule has 2 aromatic heterocycles. The molecular weight excluding hydrogens is 483 g/mol. The number of nitrogens with zero attached hydrogens (tertiary/aromatic N) is 5. The second-order valence-electron chi connectivity index (χ2n) is 8.79. The van der Waals surface area contributed by atoms with E-state index in [1.807, 2.05) is 0 Å². The Morgan fingerprint density at radius 1 is 1.14 bits per heavy atom. The Morgan fingerprint density at radius 2 is 1.89 bits per heavy atom. The fraction of sp³-hybridized carbons (Fsp3) is 0.375. The zero-order valence-corrected chi connectivity index (χ0v) is 19.5. The van der Waals surface area contributed by atoms with Crippen LogP contribution in [0.4, 0.5) is 24.5 Å². The Balaban J connectivity index is 1.42. The SMILES string of the molecule is Cn1c(=O)c(C#N)c(N2CC[C@H]3[C@H](CCN3c3ccc(OC(F)(F)F)cc3)C2)c2nc(Cl)ccc21. The van der Waals surface area contributed by atoms with E-state index < -0.39 is 6.36 Å². The molecule has 7 nitrogen and oxygen atoms in total. The van der Waals surface area contributed by atoms with E-state index in [0.29, 0.717) is 29.8 Å². The largest absolute Gasteiger partial charge is 0.573 e. The van der Waals surface area contributed by atoms with Crippen LogP contribution in [0.2, 0.25) is 5.15 Å². The minimum Gasteiger partial charge on any atom is -0.406 e. The minimum absolute atomic E-state index is 0.0447. The van der Waals surface area contributed by atoms with Crippen molar-refractivity contribution in [3.8, 4) is 11.8 Å². The number of benzene rings is 1. The molecule has 0 radical (unpaired) electrons. The molecule has 3 aromatic rings. The zero-order chi connectivity index (χ0) is 24.9. The molecule has 1 aromatic carbocycles. The van der Waals surface area contributed by atoms with Crippen molar-refractivity contribution < 1.29 is 17.9 Å². The van der Waals surface area contributed by atoms with Gasteiger partial charge in [-0.05, 0) is 55.2 Å². The molecule has 2 saturated heterocycles. The Labute approximate surface area is 203 Å². The molecule has 2 atom stereocenters. The summed E-state index contributed by atoms with van der Waals surface area (Å²) in [5.41, 5.74) is 2.14. The number of piperidine rings is 1. The van der Waals surface area contributed by atoms with E-state index in [1.165, 1.54) is 16.7 Å². The molecule has 182 valence electrons. The number of ether oxygens (including phenoxy) is 1. The van der Waals surface area contributed by atoms with Gasteiger partial charge in [-0.3, -0.25) is 4.79 Å². The maximum absolute atomic E-state index is 12.9. The Morgan fingerprint density at radius 3 is 2.57 bits per heavy atom. The van der Waals surface area contributed by atoms with Gasteiger partial charge in [0.2, 0.25) is 0 Å². The van der Waals surface area contributed by atoms with Crippen LogP contribution >= 0.6 is 11.6 Å². The normalized spacial score (nSPS) is 20.1. The van der Waals surface area contributed by atoms with Crippen LogP contribution in [-0.4, -0.2) is 41.6 Å². The van der Waals surface area contributed by atoms with Gasteiger partial charge in [-0.15, -0.1) is 13.2 Å². The van der Waals surface area contributed by atoms with Crippen molar-refractivity contribution in [2.24, 2.45) is 13.0 Å². The summed E-state index contributed by atoms with van der Waals surface area (Å²) in [5.74, 6) is -0.000710. The number of aromatic nitrogens is 2. The number of alkyl halides is 3. The lowest BCUT2D eigenvalue weighted by atomic mass is 9.91. The summed E-state index contributed by atoms with van der Waals surface area (Å²) < 4.78 is 42.8. The topological polar surface area (TPSA) is 74.4 Å².